The second-order valence-electron chi connectivity index (χ2n) is 9.77. The summed E-state index contributed by atoms with van der Waals surface area (Å²) in [5.74, 6) is -3.44. The van der Waals surface area contributed by atoms with E-state index >= 15 is 0 Å². The highest BCUT2D eigenvalue weighted by molar-refractivity contribution is 7.89. The predicted octanol–water partition coefficient (Wildman–Crippen LogP) is 3.83. The van der Waals surface area contributed by atoms with Gasteiger partial charge in [-0.15, -0.1) is 4.68 Å². The number of aromatic nitrogens is 2. The summed E-state index contributed by atoms with van der Waals surface area (Å²) in [6.07, 6.45) is -0.993. The fraction of sp³-hybridized carbons (Fsp3) is 0.320. The molecule has 2 heterocycles. The van der Waals surface area contributed by atoms with Crippen LogP contribution in [0, 0.1) is 21.7 Å². The first kappa shape index (κ1) is 29.5. The number of nitrogens with one attached hydrogen (secondary N) is 1. The molecule has 0 atom stereocenters. The lowest BCUT2D eigenvalue weighted by molar-refractivity contribution is -0.385. The highest BCUT2D eigenvalue weighted by atomic mass is 32.2. The fourth-order valence-electron chi connectivity index (χ4n) is 4.50. The van der Waals surface area contributed by atoms with Crippen LogP contribution in [-0.2, 0) is 26.8 Å². The lowest BCUT2D eigenvalue weighted by Gasteiger charge is -2.30. The third-order valence-corrected chi connectivity index (χ3v) is 8.52. The molecule has 0 radical (unpaired) electrons. The topological polar surface area (TPSA) is 157 Å². The van der Waals surface area contributed by atoms with Gasteiger partial charge >= 0.3 is 6.09 Å². The van der Waals surface area contributed by atoms with E-state index in [-0.39, 0.29) is 29.2 Å². The molecular weight excluding hydrogens is 566 g/mol. The molecule has 1 aromatic heterocycles. The summed E-state index contributed by atoms with van der Waals surface area (Å²) in [4.78, 5) is 38.1. The minimum atomic E-state index is -4.52. The first-order valence-corrected chi connectivity index (χ1v) is 13.6. The van der Waals surface area contributed by atoms with E-state index in [0.717, 1.165) is 8.99 Å². The van der Waals surface area contributed by atoms with Crippen LogP contribution in [0.15, 0.2) is 41.3 Å². The Labute approximate surface area is 233 Å². The monoisotopic (exact) mass is 592 g/mol. The van der Waals surface area contributed by atoms with Crippen LogP contribution in [-0.4, -0.2) is 60.1 Å². The Hall–Kier alpha value is -4.44. The molecule has 1 aliphatic heterocycles. The molecule has 3 aromatic rings. The molecule has 13 nitrogen and oxygen atoms in total. The van der Waals surface area contributed by atoms with E-state index in [4.69, 9.17) is 4.74 Å². The number of carbonyl (C=O) groups excluding carboxylic acids is 2. The van der Waals surface area contributed by atoms with E-state index in [1.165, 1.54) is 32.0 Å². The number of benzene rings is 2. The summed E-state index contributed by atoms with van der Waals surface area (Å²) in [5, 5.41) is 18.4. The highest BCUT2D eigenvalue weighted by Crippen LogP contribution is 2.45. The van der Waals surface area contributed by atoms with Gasteiger partial charge in [0.15, 0.2) is 0 Å². The molecule has 0 aliphatic carbocycles. The molecule has 2 aromatic carbocycles. The zero-order chi connectivity index (χ0) is 30.4. The Morgan fingerprint density at radius 2 is 1.80 bits per heavy atom. The molecule has 1 amide bonds. The summed E-state index contributed by atoms with van der Waals surface area (Å²) >= 11 is 0. The van der Waals surface area contributed by atoms with E-state index in [1.54, 1.807) is 25.9 Å². The number of fused-ring (bicyclic) bond motifs is 1. The van der Waals surface area contributed by atoms with Gasteiger partial charge in [-0.3, -0.25) is 14.9 Å². The maximum atomic E-state index is 13.9. The van der Waals surface area contributed by atoms with E-state index in [2.05, 4.69) is 10.4 Å². The SMILES string of the molecule is CCOC(=O)n1nc2c(c1NC(=O)c1ccc(N(C)C)cc1[N+](=O)[O-])CN(S(=O)(=O)c1cc(F)cc(F)c1)C2(C)C. The van der Waals surface area contributed by atoms with Crippen LogP contribution in [0.3, 0.4) is 0 Å². The van der Waals surface area contributed by atoms with Gasteiger partial charge in [0.25, 0.3) is 11.6 Å². The number of ether oxygens (including phenoxy) is 1. The second kappa shape index (κ2) is 10.5. The zero-order valence-electron chi connectivity index (χ0n) is 22.6. The number of hydrogen-bond acceptors (Lipinski definition) is 9. The third kappa shape index (κ3) is 5.22. The van der Waals surface area contributed by atoms with Gasteiger partial charge in [-0.25, -0.2) is 22.0 Å². The average molecular weight is 593 g/mol. The van der Waals surface area contributed by atoms with E-state index in [1.807, 2.05) is 0 Å². The molecular formula is C25H26F2N6O7S. The lowest BCUT2D eigenvalue weighted by atomic mass is 10.0. The smallest absolute Gasteiger partial charge is 0.436 e. The molecule has 0 bridgehead atoms. The summed E-state index contributed by atoms with van der Waals surface area (Å²) in [7, 11) is -1.19. The van der Waals surface area contributed by atoms with Gasteiger partial charge in [-0.2, -0.15) is 9.40 Å². The molecule has 4 rings (SSSR count). The molecule has 16 heteroatoms. The van der Waals surface area contributed by atoms with Gasteiger partial charge in [0.1, 0.15) is 23.0 Å². The number of hydrogen-bond donors (Lipinski definition) is 1. The van der Waals surface area contributed by atoms with Crippen LogP contribution in [0.1, 0.15) is 42.4 Å². The first-order chi connectivity index (χ1) is 19.1. The highest BCUT2D eigenvalue weighted by Gasteiger charge is 2.49. The van der Waals surface area contributed by atoms with Crippen molar-refractivity contribution >= 4 is 39.2 Å². The normalized spacial score (nSPS) is 14.4. The zero-order valence-corrected chi connectivity index (χ0v) is 23.5. The number of halogens is 2. The van der Waals surface area contributed by atoms with E-state index in [0.29, 0.717) is 23.9 Å². The van der Waals surface area contributed by atoms with Crippen molar-refractivity contribution in [3.8, 4) is 0 Å². The van der Waals surface area contributed by atoms with Crippen molar-refractivity contribution in [3.63, 3.8) is 0 Å². The van der Waals surface area contributed by atoms with Crippen molar-refractivity contribution in [2.75, 3.05) is 30.9 Å². The number of nitro benzene ring substituents is 1. The van der Waals surface area contributed by atoms with Crippen LogP contribution < -0.4 is 10.2 Å². The van der Waals surface area contributed by atoms with Crippen molar-refractivity contribution in [1.82, 2.24) is 14.1 Å². The van der Waals surface area contributed by atoms with Crippen molar-refractivity contribution in [2.45, 2.75) is 37.8 Å². The van der Waals surface area contributed by atoms with E-state index in [9.17, 15) is 36.9 Å². The molecule has 218 valence electrons. The van der Waals surface area contributed by atoms with Gasteiger partial charge in [0, 0.05) is 44.0 Å². The maximum absolute atomic E-state index is 13.9. The number of amides is 1. The Kier molecular flexibility index (Phi) is 7.57. The average Bonchev–Trinajstić information content (AvgIpc) is 3.37. The Morgan fingerprint density at radius 3 is 2.37 bits per heavy atom. The minimum absolute atomic E-state index is 0.0523. The third-order valence-electron chi connectivity index (χ3n) is 6.52. The number of nitrogens with zero attached hydrogens (tertiary/aromatic N) is 5. The maximum Gasteiger partial charge on any atom is 0.436 e. The van der Waals surface area contributed by atoms with Crippen molar-refractivity contribution < 1.29 is 36.4 Å². The number of carbonyl (C=O) groups is 2. The summed E-state index contributed by atoms with van der Waals surface area (Å²) in [6, 6.07) is 5.81. The van der Waals surface area contributed by atoms with Crippen LogP contribution in [0.25, 0.3) is 0 Å². The molecule has 0 unspecified atom stereocenters. The van der Waals surface area contributed by atoms with E-state index < -0.39 is 61.2 Å². The minimum Gasteiger partial charge on any atom is -0.448 e. The summed E-state index contributed by atoms with van der Waals surface area (Å²) < 4.78 is 61.5. The van der Waals surface area contributed by atoms with Crippen LogP contribution >= 0.6 is 0 Å². The Balaban J connectivity index is 1.81. The number of rotatable bonds is 7. The lowest BCUT2D eigenvalue weighted by Crippen LogP contribution is -2.41. The molecule has 41 heavy (non-hydrogen) atoms. The van der Waals surface area contributed by atoms with Crippen LogP contribution in [0.4, 0.5) is 30.8 Å². The quantitative estimate of drug-likeness (QED) is 0.318. The standard InChI is InChI=1S/C25H26F2N6O7S/c1-6-40-24(35)32-22(28-23(34)18-8-7-16(30(4)5)12-20(18)33(36)37)19-13-31(25(2,3)21(19)29-32)41(38,39)17-10-14(26)9-15(27)11-17/h7-12H,6,13H2,1-5H3,(H,28,34). The fourth-order valence-corrected chi connectivity index (χ4v) is 6.27. The molecule has 1 aliphatic rings. The number of nitro groups is 1. The van der Waals surface area contributed by atoms with Crippen molar-refractivity contribution in [1.29, 1.82) is 0 Å². The molecule has 0 saturated carbocycles. The van der Waals surface area contributed by atoms with Crippen molar-refractivity contribution in [3.05, 3.63) is 75.0 Å². The largest absolute Gasteiger partial charge is 0.448 e. The first-order valence-electron chi connectivity index (χ1n) is 12.1. The summed E-state index contributed by atoms with van der Waals surface area (Å²) in [6.45, 7) is 3.96. The van der Waals surface area contributed by atoms with Crippen LogP contribution in [0.5, 0.6) is 0 Å². The molecule has 0 saturated heterocycles. The van der Waals surface area contributed by atoms with Crippen molar-refractivity contribution in [2.24, 2.45) is 0 Å². The number of sulfonamides is 1. The molecule has 0 fully saturated rings. The number of anilines is 2. The Morgan fingerprint density at radius 1 is 1.17 bits per heavy atom. The van der Waals surface area contributed by atoms with Gasteiger partial charge in [-0.1, -0.05) is 0 Å². The molecule has 0 spiro atoms. The van der Waals surface area contributed by atoms with Gasteiger partial charge in [0.2, 0.25) is 10.0 Å². The Bertz CT molecular complexity index is 1670. The van der Waals surface area contributed by atoms with Gasteiger partial charge < -0.3 is 15.0 Å². The second-order valence-corrected chi connectivity index (χ2v) is 11.6. The van der Waals surface area contributed by atoms with Crippen LogP contribution in [0.2, 0.25) is 0 Å². The predicted molar refractivity (Wildman–Crippen MR) is 142 cm³/mol. The molecule has 1 N–H and O–H groups in total. The summed E-state index contributed by atoms with van der Waals surface area (Å²) in [5.41, 5.74) is -1.70. The van der Waals surface area contributed by atoms with Gasteiger partial charge in [-0.05, 0) is 45.0 Å². The van der Waals surface area contributed by atoms with Gasteiger partial charge in [0.05, 0.1) is 27.7 Å².